The minimum Gasteiger partial charge on any atom is -0.314 e. The van der Waals surface area contributed by atoms with E-state index in [1.54, 1.807) is 0 Å². The molecule has 0 saturated carbocycles. The third-order valence-electron chi connectivity index (χ3n) is 3.80. The molecule has 0 amide bonds. The molecule has 1 aromatic heterocycles. The summed E-state index contributed by atoms with van der Waals surface area (Å²) in [6.45, 7) is 10.1. The molecule has 0 aliphatic rings. The van der Waals surface area contributed by atoms with Gasteiger partial charge in [0, 0.05) is 18.8 Å². The molecule has 0 bridgehead atoms. The summed E-state index contributed by atoms with van der Waals surface area (Å²) in [6.07, 6.45) is 5.87. The lowest BCUT2D eigenvalue weighted by Crippen LogP contribution is -2.34. The van der Waals surface area contributed by atoms with E-state index in [1.807, 2.05) is 4.68 Å². The van der Waals surface area contributed by atoms with Gasteiger partial charge < -0.3 is 5.32 Å². The summed E-state index contributed by atoms with van der Waals surface area (Å²) in [5, 5.41) is 8.18. The van der Waals surface area contributed by atoms with Gasteiger partial charge in [0.15, 0.2) is 0 Å². The van der Waals surface area contributed by atoms with Crippen molar-refractivity contribution in [2.45, 2.75) is 65.8 Å². The Bertz CT molecular complexity index is 355. The Labute approximate surface area is 118 Å². The SMILES string of the molecule is CCCNC(CCCc1cc(CC)nn1C)C(C)C. The van der Waals surface area contributed by atoms with Crippen LogP contribution in [-0.4, -0.2) is 22.4 Å². The summed E-state index contributed by atoms with van der Waals surface area (Å²) >= 11 is 0. The van der Waals surface area contributed by atoms with Crippen LogP contribution in [0, 0.1) is 5.92 Å². The fourth-order valence-corrected chi connectivity index (χ4v) is 2.48. The quantitative estimate of drug-likeness (QED) is 0.742. The van der Waals surface area contributed by atoms with Crippen LogP contribution in [0.2, 0.25) is 0 Å². The second kappa shape index (κ2) is 8.36. The predicted molar refractivity (Wildman–Crippen MR) is 82.4 cm³/mol. The highest BCUT2D eigenvalue weighted by atomic mass is 15.3. The fourth-order valence-electron chi connectivity index (χ4n) is 2.48. The molecule has 0 saturated heterocycles. The lowest BCUT2D eigenvalue weighted by atomic mass is 9.97. The molecule has 1 aromatic rings. The van der Waals surface area contributed by atoms with E-state index in [2.05, 4.69) is 51.2 Å². The van der Waals surface area contributed by atoms with Crippen LogP contribution in [0.3, 0.4) is 0 Å². The van der Waals surface area contributed by atoms with E-state index >= 15 is 0 Å². The van der Waals surface area contributed by atoms with Crippen LogP contribution in [0.4, 0.5) is 0 Å². The van der Waals surface area contributed by atoms with Crippen molar-refractivity contribution in [3.05, 3.63) is 17.5 Å². The van der Waals surface area contributed by atoms with Gasteiger partial charge >= 0.3 is 0 Å². The van der Waals surface area contributed by atoms with E-state index < -0.39 is 0 Å². The molecule has 0 aliphatic carbocycles. The molecular formula is C16H31N3. The van der Waals surface area contributed by atoms with Crippen LogP contribution >= 0.6 is 0 Å². The van der Waals surface area contributed by atoms with Crippen molar-refractivity contribution in [2.75, 3.05) is 6.54 Å². The first kappa shape index (κ1) is 16.2. The Hall–Kier alpha value is -0.830. The van der Waals surface area contributed by atoms with Gasteiger partial charge in [-0.3, -0.25) is 4.68 Å². The number of hydrogen-bond donors (Lipinski definition) is 1. The van der Waals surface area contributed by atoms with Gasteiger partial charge in [-0.1, -0.05) is 27.7 Å². The maximum atomic E-state index is 4.51. The molecule has 1 atom stereocenters. The molecule has 0 aromatic carbocycles. The number of aryl methyl sites for hydroxylation is 3. The molecule has 0 aliphatic heterocycles. The molecule has 19 heavy (non-hydrogen) atoms. The smallest absolute Gasteiger partial charge is 0.0624 e. The maximum Gasteiger partial charge on any atom is 0.0624 e. The first-order chi connectivity index (χ1) is 9.08. The summed E-state index contributed by atoms with van der Waals surface area (Å²) in [5.74, 6) is 0.712. The van der Waals surface area contributed by atoms with Crippen LogP contribution in [0.1, 0.15) is 58.3 Å². The van der Waals surface area contributed by atoms with E-state index in [0.717, 1.165) is 19.4 Å². The monoisotopic (exact) mass is 265 g/mol. The molecule has 1 rings (SSSR count). The topological polar surface area (TPSA) is 29.9 Å². The first-order valence-electron chi connectivity index (χ1n) is 7.83. The molecule has 110 valence electrons. The highest BCUT2D eigenvalue weighted by molar-refractivity contribution is 5.10. The van der Waals surface area contributed by atoms with Gasteiger partial charge in [0.25, 0.3) is 0 Å². The molecule has 1 heterocycles. The zero-order valence-corrected chi connectivity index (χ0v) is 13.4. The number of aromatic nitrogens is 2. The van der Waals surface area contributed by atoms with E-state index in [-0.39, 0.29) is 0 Å². The minimum atomic E-state index is 0.652. The van der Waals surface area contributed by atoms with Crippen LogP contribution < -0.4 is 5.32 Å². The first-order valence-corrected chi connectivity index (χ1v) is 7.83. The number of hydrogen-bond acceptors (Lipinski definition) is 2. The second-order valence-corrected chi connectivity index (χ2v) is 5.80. The lowest BCUT2D eigenvalue weighted by Gasteiger charge is -2.22. The van der Waals surface area contributed by atoms with Crippen molar-refractivity contribution in [3.63, 3.8) is 0 Å². The Kier molecular flexibility index (Phi) is 7.14. The highest BCUT2D eigenvalue weighted by Gasteiger charge is 2.12. The van der Waals surface area contributed by atoms with E-state index in [9.17, 15) is 0 Å². The van der Waals surface area contributed by atoms with Gasteiger partial charge in [0.2, 0.25) is 0 Å². The standard InChI is InChI=1S/C16H31N3/c1-6-11-17-16(13(3)4)10-8-9-15-12-14(7-2)18-19(15)5/h12-13,16-17H,6-11H2,1-5H3. The zero-order valence-electron chi connectivity index (χ0n) is 13.4. The molecule has 1 unspecified atom stereocenters. The largest absolute Gasteiger partial charge is 0.314 e. The highest BCUT2D eigenvalue weighted by Crippen LogP contribution is 2.13. The van der Waals surface area contributed by atoms with Gasteiger partial charge in [-0.15, -0.1) is 0 Å². The van der Waals surface area contributed by atoms with Crippen LogP contribution in [0.25, 0.3) is 0 Å². The van der Waals surface area contributed by atoms with Gasteiger partial charge in [0.05, 0.1) is 5.69 Å². The molecule has 1 N–H and O–H groups in total. The Balaban J connectivity index is 2.40. The van der Waals surface area contributed by atoms with Gasteiger partial charge in [-0.05, 0) is 50.6 Å². The maximum absolute atomic E-state index is 4.51. The minimum absolute atomic E-state index is 0.652. The van der Waals surface area contributed by atoms with Crippen molar-refractivity contribution in [1.29, 1.82) is 0 Å². The molecule has 3 nitrogen and oxygen atoms in total. The average molecular weight is 265 g/mol. The lowest BCUT2D eigenvalue weighted by molar-refractivity contribution is 0.369. The van der Waals surface area contributed by atoms with Gasteiger partial charge in [0.1, 0.15) is 0 Å². The predicted octanol–water partition coefficient (Wildman–Crippen LogP) is 3.33. The second-order valence-electron chi connectivity index (χ2n) is 5.80. The Morgan fingerprint density at radius 2 is 2.05 bits per heavy atom. The molecule has 0 spiro atoms. The molecule has 0 radical (unpaired) electrons. The van der Waals surface area contributed by atoms with Crippen molar-refractivity contribution in [3.8, 4) is 0 Å². The van der Waals surface area contributed by atoms with Gasteiger partial charge in [-0.25, -0.2) is 0 Å². The van der Waals surface area contributed by atoms with E-state index in [0.29, 0.717) is 12.0 Å². The van der Waals surface area contributed by atoms with E-state index in [1.165, 1.54) is 30.7 Å². The van der Waals surface area contributed by atoms with Crippen molar-refractivity contribution < 1.29 is 0 Å². The summed E-state index contributed by atoms with van der Waals surface area (Å²) in [6, 6.07) is 2.91. The third kappa shape index (κ3) is 5.35. The van der Waals surface area contributed by atoms with E-state index in [4.69, 9.17) is 0 Å². The number of rotatable bonds is 9. The van der Waals surface area contributed by atoms with Crippen molar-refractivity contribution in [2.24, 2.45) is 13.0 Å². The number of nitrogens with zero attached hydrogens (tertiary/aromatic N) is 2. The van der Waals surface area contributed by atoms with Crippen molar-refractivity contribution >= 4 is 0 Å². The summed E-state index contributed by atoms with van der Waals surface area (Å²) in [4.78, 5) is 0. The Morgan fingerprint density at radius 1 is 1.32 bits per heavy atom. The normalized spacial score (nSPS) is 13.2. The summed E-state index contributed by atoms with van der Waals surface area (Å²) in [5.41, 5.74) is 2.58. The number of nitrogens with one attached hydrogen (secondary N) is 1. The van der Waals surface area contributed by atoms with Crippen molar-refractivity contribution in [1.82, 2.24) is 15.1 Å². The van der Waals surface area contributed by atoms with Crippen LogP contribution in [-0.2, 0) is 19.9 Å². The van der Waals surface area contributed by atoms with Gasteiger partial charge in [-0.2, -0.15) is 5.10 Å². The Morgan fingerprint density at radius 3 is 2.58 bits per heavy atom. The van der Waals surface area contributed by atoms with Crippen LogP contribution in [0.5, 0.6) is 0 Å². The molecular weight excluding hydrogens is 234 g/mol. The molecule has 3 heteroatoms. The molecule has 0 fully saturated rings. The fraction of sp³-hybridized carbons (Fsp3) is 0.812. The van der Waals surface area contributed by atoms with Crippen LogP contribution in [0.15, 0.2) is 6.07 Å². The summed E-state index contributed by atoms with van der Waals surface area (Å²) < 4.78 is 2.04. The zero-order chi connectivity index (χ0) is 14.3. The summed E-state index contributed by atoms with van der Waals surface area (Å²) in [7, 11) is 2.06. The average Bonchev–Trinajstić information content (AvgIpc) is 2.74. The third-order valence-corrected chi connectivity index (χ3v) is 3.80.